The highest BCUT2D eigenvalue weighted by Gasteiger charge is 2.71. The summed E-state index contributed by atoms with van der Waals surface area (Å²) in [7, 11) is 3.07. The minimum absolute atomic E-state index is 0.274. The van der Waals surface area contributed by atoms with Gasteiger partial charge in [0.2, 0.25) is 0 Å². The van der Waals surface area contributed by atoms with Gasteiger partial charge in [0.1, 0.15) is 11.5 Å². The Hall–Kier alpha value is -4.68. The molecule has 0 unspecified atom stereocenters. The molecule has 2 heterocycles. The maximum Gasteiger partial charge on any atom is 0.187 e. The number of Topliss-reactive ketones (excluding diaryl/α,β-unsaturated/α-hetero) is 3. The topological polar surface area (TPSA) is 72.9 Å². The first-order chi connectivity index (χ1) is 20.4. The van der Waals surface area contributed by atoms with Crippen LogP contribution in [-0.2, 0) is 0 Å². The Labute approximate surface area is 248 Å². The Balaban J connectivity index is 1.57. The molecule has 3 aliphatic rings. The van der Waals surface area contributed by atoms with Crippen molar-refractivity contribution in [3.8, 4) is 11.5 Å². The molecule has 0 saturated carbocycles. The standard InChI is InChI=1S/C35H26ClNO5/c1-41-27-17-15-21(19-28(27)42-2)30-31(32(38)24-12-6-7-13-25(24)36)37-26-14-8-3-9-20(26)16-18-29(37)35(30)33(39)22-10-4-5-11-23(22)34(35)40/h3-19,29-31H,1-2H3/t29-,30-,31+/m0/s1. The minimum atomic E-state index is -1.62. The number of methoxy groups -OCH3 is 2. The average molecular weight is 576 g/mol. The maximum atomic E-state index is 14.8. The second-order valence-electron chi connectivity index (χ2n) is 10.7. The Kier molecular flexibility index (Phi) is 6.06. The van der Waals surface area contributed by atoms with Gasteiger partial charge in [0, 0.05) is 28.3 Å². The zero-order chi connectivity index (χ0) is 29.2. The smallest absolute Gasteiger partial charge is 0.187 e. The maximum absolute atomic E-state index is 14.8. The second kappa shape index (κ2) is 9.71. The van der Waals surface area contributed by atoms with Crippen molar-refractivity contribution in [3.63, 3.8) is 0 Å². The van der Waals surface area contributed by atoms with Gasteiger partial charge in [-0.3, -0.25) is 14.4 Å². The summed E-state index contributed by atoms with van der Waals surface area (Å²) in [5, 5.41) is 0.305. The van der Waals surface area contributed by atoms with E-state index in [-0.39, 0.29) is 17.3 Å². The van der Waals surface area contributed by atoms with Gasteiger partial charge in [0.05, 0.1) is 25.3 Å². The molecule has 4 aromatic carbocycles. The number of ketones is 3. The average Bonchev–Trinajstić information content (AvgIpc) is 3.46. The molecule has 4 aromatic rings. The third-order valence-corrected chi connectivity index (χ3v) is 9.22. The van der Waals surface area contributed by atoms with Crippen molar-refractivity contribution < 1.29 is 23.9 Å². The van der Waals surface area contributed by atoms with Gasteiger partial charge in [-0.2, -0.15) is 0 Å². The molecule has 7 rings (SSSR count). The zero-order valence-corrected chi connectivity index (χ0v) is 23.7. The summed E-state index contributed by atoms with van der Waals surface area (Å²) < 4.78 is 11.1. The Morgan fingerprint density at radius 2 is 1.45 bits per heavy atom. The fraction of sp³-hybridized carbons (Fsp3) is 0.171. The molecule has 0 radical (unpaired) electrons. The van der Waals surface area contributed by atoms with Crippen molar-refractivity contribution in [1.29, 1.82) is 0 Å². The summed E-state index contributed by atoms with van der Waals surface area (Å²) in [5.74, 6) is -0.811. The number of ether oxygens (including phenoxy) is 2. The van der Waals surface area contributed by atoms with Crippen molar-refractivity contribution in [1.82, 2.24) is 0 Å². The van der Waals surface area contributed by atoms with Crippen LogP contribution < -0.4 is 14.4 Å². The number of nitrogens with zero attached hydrogens (tertiary/aromatic N) is 1. The van der Waals surface area contributed by atoms with Crippen molar-refractivity contribution in [2.24, 2.45) is 5.41 Å². The minimum Gasteiger partial charge on any atom is -0.493 e. The molecule has 2 aliphatic heterocycles. The van der Waals surface area contributed by atoms with E-state index in [0.29, 0.717) is 38.8 Å². The number of benzene rings is 4. The SMILES string of the molecule is COc1ccc([C@H]2[C@H](C(=O)c3ccccc3Cl)N3c4ccccc4C=C[C@H]3C23C(=O)c2ccccc2C3=O)cc1OC. The highest BCUT2D eigenvalue weighted by atomic mass is 35.5. The molecule has 1 spiro atoms. The lowest BCUT2D eigenvalue weighted by Crippen LogP contribution is -2.48. The van der Waals surface area contributed by atoms with Crippen LogP contribution in [-0.4, -0.2) is 43.7 Å². The Morgan fingerprint density at radius 1 is 0.810 bits per heavy atom. The molecule has 42 heavy (non-hydrogen) atoms. The molecular formula is C35H26ClNO5. The van der Waals surface area contributed by atoms with Crippen molar-refractivity contribution in [2.75, 3.05) is 19.1 Å². The van der Waals surface area contributed by atoms with E-state index >= 15 is 0 Å². The van der Waals surface area contributed by atoms with Gasteiger partial charge in [-0.05, 0) is 41.5 Å². The van der Waals surface area contributed by atoms with Crippen LogP contribution >= 0.6 is 11.6 Å². The highest BCUT2D eigenvalue weighted by molar-refractivity contribution is 6.35. The fourth-order valence-electron chi connectivity index (χ4n) is 7.16. The van der Waals surface area contributed by atoms with E-state index < -0.39 is 23.4 Å². The normalized spacial score (nSPS) is 21.2. The zero-order valence-electron chi connectivity index (χ0n) is 22.9. The molecular weight excluding hydrogens is 550 g/mol. The quantitative estimate of drug-likeness (QED) is 0.195. The third-order valence-electron chi connectivity index (χ3n) is 8.89. The first kappa shape index (κ1) is 26.2. The lowest BCUT2D eigenvalue weighted by atomic mass is 9.64. The third kappa shape index (κ3) is 3.42. The van der Waals surface area contributed by atoms with Gasteiger partial charge in [-0.25, -0.2) is 0 Å². The monoisotopic (exact) mass is 575 g/mol. The number of anilines is 1. The molecule has 1 aliphatic carbocycles. The second-order valence-corrected chi connectivity index (χ2v) is 11.1. The number of carbonyl (C=O) groups is 3. The van der Waals surface area contributed by atoms with Crippen LogP contribution in [0.4, 0.5) is 5.69 Å². The molecule has 7 heteroatoms. The lowest BCUT2D eigenvalue weighted by molar-refractivity contribution is 0.0665. The predicted molar refractivity (Wildman–Crippen MR) is 161 cm³/mol. The molecule has 1 saturated heterocycles. The van der Waals surface area contributed by atoms with Gasteiger partial charge < -0.3 is 14.4 Å². The molecule has 1 fully saturated rings. The first-order valence-electron chi connectivity index (χ1n) is 13.7. The molecule has 0 amide bonds. The lowest BCUT2D eigenvalue weighted by Gasteiger charge is -2.37. The van der Waals surface area contributed by atoms with E-state index in [1.54, 1.807) is 67.8 Å². The summed E-state index contributed by atoms with van der Waals surface area (Å²) >= 11 is 6.61. The van der Waals surface area contributed by atoms with E-state index in [1.165, 1.54) is 7.11 Å². The predicted octanol–water partition coefficient (Wildman–Crippen LogP) is 6.67. The largest absolute Gasteiger partial charge is 0.493 e. The van der Waals surface area contributed by atoms with E-state index in [1.807, 2.05) is 47.4 Å². The van der Waals surface area contributed by atoms with Crippen molar-refractivity contribution in [2.45, 2.75) is 18.0 Å². The van der Waals surface area contributed by atoms with Crippen LogP contribution in [0.5, 0.6) is 11.5 Å². The van der Waals surface area contributed by atoms with Crippen LogP contribution in [0.1, 0.15) is 48.1 Å². The molecule has 3 atom stereocenters. The number of para-hydroxylation sites is 1. The van der Waals surface area contributed by atoms with E-state index in [9.17, 15) is 14.4 Å². The summed E-state index contributed by atoms with van der Waals surface area (Å²) in [4.78, 5) is 46.3. The fourth-order valence-corrected chi connectivity index (χ4v) is 7.39. The summed E-state index contributed by atoms with van der Waals surface area (Å²) in [6.07, 6.45) is 3.84. The Morgan fingerprint density at radius 3 is 2.14 bits per heavy atom. The Bertz CT molecular complexity index is 1790. The van der Waals surface area contributed by atoms with Crippen LogP contribution in [0.3, 0.4) is 0 Å². The van der Waals surface area contributed by atoms with Crippen LogP contribution in [0.2, 0.25) is 5.02 Å². The molecule has 0 aromatic heterocycles. The van der Waals surface area contributed by atoms with Crippen LogP contribution in [0.15, 0.2) is 97.1 Å². The van der Waals surface area contributed by atoms with E-state index in [4.69, 9.17) is 21.1 Å². The van der Waals surface area contributed by atoms with E-state index in [0.717, 1.165) is 11.3 Å². The molecule has 6 nitrogen and oxygen atoms in total. The van der Waals surface area contributed by atoms with Crippen LogP contribution in [0.25, 0.3) is 6.08 Å². The van der Waals surface area contributed by atoms with Crippen molar-refractivity contribution in [3.05, 3.63) is 130 Å². The summed E-state index contributed by atoms with van der Waals surface area (Å²) in [6.45, 7) is 0. The molecule has 0 bridgehead atoms. The van der Waals surface area contributed by atoms with Crippen molar-refractivity contribution >= 4 is 40.7 Å². The van der Waals surface area contributed by atoms with Gasteiger partial charge in [0.15, 0.2) is 28.8 Å². The first-order valence-corrected chi connectivity index (χ1v) is 14.1. The highest BCUT2D eigenvalue weighted by Crippen LogP contribution is 2.61. The molecule has 0 N–H and O–H groups in total. The van der Waals surface area contributed by atoms with Crippen LogP contribution in [0, 0.1) is 5.41 Å². The number of hydrogen-bond donors (Lipinski definition) is 0. The number of rotatable bonds is 5. The van der Waals surface area contributed by atoms with Gasteiger partial charge in [0.25, 0.3) is 0 Å². The summed E-state index contributed by atoms with van der Waals surface area (Å²) in [6, 6.07) is 25.2. The number of carbonyl (C=O) groups excluding carboxylic acids is 3. The summed E-state index contributed by atoms with van der Waals surface area (Å²) in [5.41, 5.74) is 1.73. The number of halogens is 1. The van der Waals surface area contributed by atoms with Gasteiger partial charge in [-0.15, -0.1) is 0 Å². The van der Waals surface area contributed by atoms with E-state index in [2.05, 4.69) is 0 Å². The van der Waals surface area contributed by atoms with Gasteiger partial charge >= 0.3 is 0 Å². The number of hydrogen-bond acceptors (Lipinski definition) is 6. The van der Waals surface area contributed by atoms with Gasteiger partial charge in [-0.1, -0.05) is 84.4 Å². The number of fused-ring (bicyclic) bond motifs is 5. The molecule has 208 valence electrons.